The Bertz CT molecular complexity index is 352. The van der Waals surface area contributed by atoms with Crippen molar-refractivity contribution in [1.82, 2.24) is 5.32 Å². The number of benzene rings is 1. The molecule has 0 unspecified atom stereocenters. The number of nitrogens with one attached hydrogen (secondary N) is 1. The van der Waals surface area contributed by atoms with Crippen molar-refractivity contribution in [2.75, 3.05) is 32.1 Å². The molecule has 1 aromatic carbocycles. The van der Waals surface area contributed by atoms with E-state index in [9.17, 15) is 0 Å². The maximum absolute atomic E-state index is 3.43. The van der Waals surface area contributed by atoms with Gasteiger partial charge >= 0.3 is 0 Å². The van der Waals surface area contributed by atoms with Gasteiger partial charge in [-0.05, 0) is 56.0 Å². The number of rotatable bonds is 2. The number of hydrogen-bond donors (Lipinski definition) is 1. The number of hydrogen-bond acceptors (Lipinski definition) is 2. The lowest BCUT2D eigenvalue weighted by Gasteiger charge is -2.27. The van der Waals surface area contributed by atoms with Crippen LogP contribution in [0.1, 0.15) is 29.9 Å². The molecule has 0 aromatic heterocycles. The smallest absolute Gasteiger partial charge is 0.0399 e. The minimum atomic E-state index is 0.735. The summed E-state index contributed by atoms with van der Waals surface area (Å²) in [5.74, 6) is 0.735. The van der Waals surface area contributed by atoms with E-state index >= 15 is 0 Å². The number of nitrogens with zero attached hydrogens (tertiary/aromatic N) is 1. The molecule has 1 aromatic rings. The van der Waals surface area contributed by atoms with Crippen LogP contribution in [0.25, 0.3) is 0 Å². The van der Waals surface area contributed by atoms with Gasteiger partial charge in [0.2, 0.25) is 0 Å². The first-order valence-electron chi connectivity index (χ1n) is 6.17. The van der Waals surface area contributed by atoms with Gasteiger partial charge in [-0.15, -0.1) is 0 Å². The molecular weight excluding hydrogens is 196 g/mol. The molecule has 0 spiro atoms. The first kappa shape index (κ1) is 11.5. The van der Waals surface area contributed by atoms with Crippen LogP contribution in [0.4, 0.5) is 5.69 Å². The highest BCUT2D eigenvalue weighted by molar-refractivity contribution is 5.56. The minimum absolute atomic E-state index is 0.735. The van der Waals surface area contributed by atoms with Crippen molar-refractivity contribution in [2.45, 2.75) is 25.7 Å². The summed E-state index contributed by atoms with van der Waals surface area (Å²) in [4.78, 5) is 2.24. The second-order valence-electron chi connectivity index (χ2n) is 4.98. The van der Waals surface area contributed by atoms with Crippen LogP contribution in [0, 0.1) is 6.92 Å². The Hall–Kier alpha value is -1.02. The van der Waals surface area contributed by atoms with Crippen molar-refractivity contribution >= 4 is 5.69 Å². The molecule has 0 aliphatic carbocycles. The van der Waals surface area contributed by atoms with Crippen molar-refractivity contribution in [3.63, 3.8) is 0 Å². The fourth-order valence-electron chi connectivity index (χ4n) is 2.52. The van der Waals surface area contributed by atoms with Crippen LogP contribution >= 0.6 is 0 Å². The van der Waals surface area contributed by atoms with Crippen molar-refractivity contribution in [3.8, 4) is 0 Å². The summed E-state index contributed by atoms with van der Waals surface area (Å²) in [7, 11) is 4.28. The molecule has 16 heavy (non-hydrogen) atoms. The zero-order valence-corrected chi connectivity index (χ0v) is 10.6. The van der Waals surface area contributed by atoms with Gasteiger partial charge in [-0.1, -0.05) is 12.1 Å². The molecule has 88 valence electrons. The molecule has 1 fully saturated rings. The molecule has 1 saturated heterocycles. The lowest BCUT2D eigenvalue weighted by molar-refractivity contribution is 0.460. The maximum atomic E-state index is 3.43. The lowest BCUT2D eigenvalue weighted by atomic mass is 9.88. The minimum Gasteiger partial charge on any atom is -0.377 e. The SMILES string of the molecule is Cc1ccc(C2CCNCC2)c(N(C)C)c1. The molecule has 0 saturated carbocycles. The van der Waals surface area contributed by atoms with E-state index in [4.69, 9.17) is 0 Å². The van der Waals surface area contributed by atoms with Crippen molar-refractivity contribution in [1.29, 1.82) is 0 Å². The summed E-state index contributed by atoms with van der Waals surface area (Å²) in [6.07, 6.45) is 2.54. The third-order valence-corrected chi connectivity index (χ3v) is 3.45. The molecule has 1 aliphatic rings. The molecule has 0 atom stereocenters. The van der Waals surface area contributed by atoms with Gasteiger partial charge in [0.25, 0.3) is 0 Å². The summed E-state index contributed by atoms with van der Waals surface area (Å²) in [5.41, 5.74) is 4.27. The maximum Gasteiger partial charge on any atom is 0.0399 e. The third kappa shape index (κ3) is 2.38. The van der Waals surface area contributed by atoms with E-state index in [0.717, 1.165) is 19.0 Å². The van der Waals surface area contributed by atoms with E-state index in [-0.39, 0.29) is 0 Å². The fourth-order valence-corrected chi connectivity index (χ4v) is 2.52. The first-order valence-corrected chi connectivity index (χ1v) is 6.17. The Balaban J connectivity index is 2.31. The van der Waals surface area contributed by atoms with Crippen LogP contribution in [0.15, 0.2) is 18.2 Å². The van der Waals surface area contributed by atoms with Crippen LogP contribution in [-0.2, 0) is 0 Å². The monoisotopic (exact) mass is 218 g/mol. The molecule has 2 nitrogen and oxygen atoms in total. The molecule has 1 N–H and O–H groups in total. The van der Waals surface area contributed by atoms with Gasteiger partial charge in [0.15, 0.2) is 0 Å². The van der Waals surface area contributed by atoms with Crippen LogP contribution in [0.5, 0.6) is 0 Å². The topological polar surface area (TPSA) is 15.3 Å². The van der Waals surface area contributed by atoms with E-state index in [1.165, 1.54) is 29.7 Å². The Morgan fingerprint density at radius 1 is 1.19 bits per heavy atom. The zero-order chi connectivity index (χ0) is 11.5. The quantitative estimate of drug-likeness (QED) is 0.820. The van der Waals surface area contributed by atoms with Gasteiger partial charge in [-0.3, -0.25) is 0 Å². The average Bonchev–Trinajstić information content (AvgIpc) is 2.30. The van der Waals surface area contributed by atoms with Crippen LogP contribution in [-0.4, -0.2) is 27.2 Å². The van der Waals surface area contributed by atoms with E-state index in [0.29, 0.717) is 0 Å². The molecule has 2 heteroatoms. The number of anilines is 1. The standard InChI is InChI=1S/C14H22N2/c1-11-4-5-13(14(10-11)16(2)3)12-6-8-15-9-7-12/h4-5,10,12,15H,6-9H2,1-3H3. The van der Waals surface area contributed by atoms with Crippen LogP contribution < -0.4 is 10.2 Å². The summed E-state index contributed by atoms with van der Waals surface area (Å²) in [5, 5.41) is 3.43. The first-order chi connectivity index (χ1) is 7.68. The van der Waals surface area contributed by atoms with Gasteiger partial charge < -0.3 is 10.2 Å². The predicted molar refractivity (Wildman–Crippen MR) is 70.4 cm³/mol. The molecule has 0 radical (unpaired) electrons. The Morgan fingerprint density at radius 3 is 2.50 bits per heavy atom. The van der Waals surface area contributed by atoms with Crippen molar-refractivity contribution in [2.24, 2.45) is 0 Å². The highest BCUT2D eigenvalue weighted by Gasteiger charge is 2.18. The zero-order valence-electron chi connectivity index (χ0n) is 10.6. The number of piperidine rings is 1. The lowest BCUT2D eigenvalue weighted by Crippen LogP contribution is -2.27. The third-order valence-electron chi connectivity index (χ3n) is 3.45. The molecule has 0 amide bonds. The van der Waals surface area contributed by atoms with Gasteiger partial charge in [0.1, 0.15) is 0 Å². The Labute approximate surface area is 98.7 Å². The van der Waals surface area contributed by atoms with Crippen molar-refractivity contribution in [3.05, 3.63) is 29.3 Å². The molecule has 1 aliphatic heterocycles. The van der Waals surface area contributed by atoms with E-state index in [1.54, 1.807) is 0 Å². The molecule has 0 bridgehead atoms. The van der Waals surface area contributed by atoms with Gasteiger partial charge in [-0.25, -0.2) is 0 Å². The largest absolute Gasteiger partial charge is 0.377 e. The molecule has 2 rings (SSSR count). The highest BCUT2D eigenvalue weighted by Crippen LogP contribution is 2.32. The fraction of sp³-hybridized carbons (Fsp3) is 0.571. The average molecular weight is 218 g/mol. The van der Waals surface area contributed by atoms with Gasteiger partial charge in [0.05, 0.1) is 0 Å². The Morgan fingerprint density at radius 2 is 1.88 bits per heavy atom. The summed E-state index contributed by atoms with van der Waals surface area (Å²) >= 11 is 0. The Kier molecular flexibility index (Phi) is 3.49. The van der Waals surface area contributed by atoms with E-state index in [2.05, 4.69) is 49.4 Å². The predicted octanol–water partition coefficient (Wildman–Crippen LogP) is 2.53. The normalized spacial score (nSPS) is 17.4. The van der Waals surface area contributed by atoms with E-state index < -0.39 is 0 Å². The summed E-state index contributed by atoms with van der Waals surface area (Å²) in [6.45, 7) is 4.48. The van der Waals surface area contributed by atoms with Crippen LogP contribution in [0.3, 0.4) is 0 Å². The summed E-state index contributed by atoms with van der Waals surface area (Å²) in [6, 6.07) is 6.86. The highest BCUT2D eigenvalue weighted by atomic mass is 15.1. The van der Waals surface area contributed by atoms with Gasteiger partial charge in [-0.2, -0.15) is 0 Å². The van der Waals surface area contributed by atoms with Gasteiger partial charge in [0, 0.05) is 19.8 Å². The van der Waals surface area contributed by atoms with E-state index in [1.807, 2.05) is 0 Å². The molecular formula is C14H22N2. The molecule has 1 heterocycles. The second-order valence-corrected chi connectivity index (χ2v) is 4.98. The van der Waals surface area contributed by atoms with Crippen LogP contribution in [0.2, 0.25) is 0 Å². The van der Waals surface area contributed by atoms with Crippen molar-refractivity contribution < 1.29 is 0 Å². The summed E-state index contributed by atoms with van der Waals surface area (Å²) < 4.78 is 0. The number of aryl methyl sites for hydroxylation is 1. The second kappa shape index (κ2) is 4.88.